The number of carbonyl (C=O) groups is 1. The van der Waals surface area contributed by atoms with Crippen LogP contribution in [-0.2, 0) is 4.74 Å². The molecule has 1 heterocycles. The monoisotopic (exact) mass is 682 g/mol. The maximum Gasteiger partial charge on any atom is 0.337 e. The number of benzene rings is 1. The number of ether oxygens (including phenoxy) is 1. The molecule has 5 saturated carbocycles. The van der Waals surface area contributed by atoms with Crippen molar-refractivity contribution in [3.63, 3.8) is 0 Å². The standard InChI is InChI=1S/C45H67N3O2/c1-28(2)32-15-20-45(48-24-23-46-27-36-33-25-31(33)26-47-36)22-21-43(6)35(39(32)45)13-14-38-42(5)18-16-34(29-9-11-30(12-10-29)40(49)50-8)41(3,4)37(42)17-19-44(38,43)7/h9-12,16,31-33,35-39,46-48H,1,13-15,17-27H2,2-8H3/t31?,32-,33?,35+,36+,37-,38+,39+,42-,43+,44+,45-/m0/s1. The molecule has 1 aliphatic heterocycles. The summed E-state index contributed by atoms with van der Waals surface area (Å²) >= 11 is 0. The van der Waals surface area contributed by atoms with Crippen LogP contribution < -0.4 is 16.0 Å². The minimum Gasteiger partial charge on any atom is -0.465 e. The summed E-state index contributed by atoms with van der Waals surface area (Å²) in [4.78, 5) is 12.2. The molecule has 1 saturated heterocycles. The maximum atomic E-state index is 12.2. The highest BCUT2D eigenvalue weighted by Gasteiger charge is 2.70. The minimum atomic E-state index is -0.264. The highest BCUT2D eigenvalue weighted by Crippen LogP contribution is 2.76. The van der Waals surface area contributed by atoms with Gasteiger partial charge in [0.1, 0.15) is 0 Å². The average Bonchev–Trinajstić information content (AvgIpc) is 3.59. The van der Waals surface area contributed by atoms with Gasteiger partial charge in [0.05, 0.1) is 12.7 Å². The second kappa shape index (κ2) is 12.3. The molecular formula is C45H67N3O2. The van der Waals surface area contributed by atoms with Crippen LogP contribution in [0.15, 0.2) is 42.5 Å². The lowest BCUT2D eigenvalue weighted by Crippen LogP contribution is -2.68. The van der Waals surface area contributed by atoms with Crippen molar-refractivity contribution < 1.29 is 9.53 Å². The maximum absolute atomic E-state index is 12.2. The molecule has 0 amide bonds. The number of carbonyl (C=O) groups excluding carboxylic acids is 1. The van der Waals surface area contributed by atoms with Crippen molar-refractivity contribution in [1.29, 1.82) is 0 Å². The van der Waals surface area contributed by atoms with Crippen LogP contribution in [0, 0.1) is 63.1 Å². The van der Waals surface area contributed by atoms with Crippen molar-refractivity contribution in [2.45, 2.75) is 117 Å². The number of methoxy groups -OCH3 is 1. The number of esters is 1. The van der Waals surface area contributed by atoms with E-state index in [0.717, 1.165) is 49.7 Å². The first-order valence-electron chi connectivity index (χ1n) is 20.5. The molecule has 274 valence electrons. The summed E-state index contributed by atoms with van der Waals surface area (Å²) in [6.45, 7) is 24.8. The van der Waals surface area contributed by atoms with Gasteiger partial charge in [-0.05, 0) is 164 Å². The smallest absolute Gasteiger partial charge is 0.337 e. The van der Waals surface area contributed by atoms with Gasteiger partial charge < -0.3 is 20.7 Å². The highest BCUT2D eigenvalue weighted by molar-refractivity contribution is 5.89. The Morgan fingerprint density at radius 2 is 1.72 bits per heavy atom. The third-order valence-corrected chi connectivity index (χ3v) is 17.5. The first-order valence-corrected chi connectivity index (χ1v) is 20.5. The fourth-order valence-corrected chi connectivity index (χ4v) is 14.8. The van der Waals surface area contributed by atoms with Crippen molar-refractivity contribution >= 4 is 11.5 Å². The van der Waals surface area contributed by atoms with Gasteiger partial charge in [-0.15, -0.1) is 0 Å². The van der Waals surface area contributed by atoms with Gasteiger partial charge in [0, 0.05) is 31.2 Å². The van der Waals surface area contributed by atoms with Crippen LogP contribution >= 0.6 is 0 Å². The second-order valence-corrected chi connectivity index (χ2v) is 19.8. The van der Waals surface area contributed by atoms with E-state index in [9.17, 15) is 4.79 Å². The molecular weight excluding hydrogens is 615 g/mol. The van der Waals surface area contributed by atoms with E-state index in [-0.39, 0.29) is 22.3 Å². The molecule has 0 spiro atoms. The number of fused-ring (bicyclic) bond motifs is 8. The van der Waals surface area contributed by atoms with E-state index in [1.807, 2.05) is 12.1 Å². The zero-order chi connectivity index (χ0) is 35.3. The predicted octanol–water partition coefficient (Wildman–Crippen LogP) is 8.66. The Bertz CT molecular complexity index is 1530. The molecule has 6 fully saturated rings. The molecule has 3 N–H and O–H groups in total. The SMILES string of the molecule is C=C(C)[C@@H]1CC[C@]2(NCCNC[C@H]3NCC4CC43)CC[C@]3(C)[C@H](CC[C@@H]4[C@@]5(C)CC=C(c6ccc(C(=O)OC)cc6)C(C)(C)[C@@H]5CC[C@]43C)[C@@H]12. The largest absolute Gasteiger partial charge is 0.465 e. The molecule has 50 heavy (non-hydrogen) atoms. The molecule has 2 unspecified atom stereocenters. The number of hydrogen-bond acceptors (Lipinski definition) is 5. The molecule has 5 nitrogen and oxygen atoms in total. The number of allylic oxidation sites excluding steroid dienone is 3. The van der Waals surface area contributed by atoms with Crippen LogP contribution in [-0.4, -0.2) is 50.8 Å². The highest BCUT2D eigenvalue weighted by atomic mass is 16.5. The van der Waals surface area contributed by atoms with Crippen LogP contribution in [0.1, 0.15) is 122 Å². The minimum absolute atomic E-state index is 0.0726. The summed E-state index contributed by atoms with van der Waals surface area (Å²) in [7, 11) is 1.46. The van der Waals surface area contributed by atoms with Crippen molar-refractivity contribution in [3.05, 3.63) is 53.6 Å². The number of hydrogen-bond donors (Lipinski definition) is 3. The summed E-state index contributed by atoms with van der Waals surface area (Å²) in [5, 5.41) is 11.9. The van der Waals surface area contributed by atoms with E-state index in [0.29, 0.717) is 40.2 Å². The van der Waals surface area contributed by atoms with E-state index in [2.05, 4.69) is 82.3 Å². The summed E-state index contributed by atoms with van der Waals surface area (Å²) in [5.41, 5.74) is 6.11. The summed E-state index contributed by atoms with van der Waals surface area (Å²) in [6, 6.07) is 8.88. The molecule has 12 atom stereocenters. The number of piperidine rings is 1. The predicted molar refractivity (Wildman–Crippen MR) is 205 cm³/mol. The average molecular weight is 682 g/mol. The van der Waals surface area contributed by atoms with E-state index >= 15 is 0 Å². The lowest BCUT2D eigenvalue weighted by atomic mass is 9.33. The molecule has 0 aromatic heterocycles. The van der Waals surface area contributed by atoms with Crippen molar-refractivity contribution in [1.82, 2.24) is 16.0 Å². The van der Waals surface area contributed by atoms with E-state index < -0.39 is 0 Å². The van der Waals surface area contributed by atoms with Gasteiger partial charge in [-0.25, -0.2) is 4.79 Å². The first kappa shape index (κ1) is 35.1. The summed E-state index contributed by atoms with van der Waals surface area (Å²) in [5.74, 6) is 5.13. The van der Waals surface area contributed by atoms with Gasteiger partial charge >= 0.3 is 5.97 Å². The van der Waals surface area contributed by atoms with Gasteiger partial charge in [-0.2, -0.15) is 0 Å². The van der Waals surface area contributed by atoms with Gasteiger partial charge in [-0.1, -0.05) is 65.0 Å². The molecule has 0 bridgehead atoms. The van der Waals surface area contributed by atoms with Gasteiger partial charge in [0.15, 0.2) is 0 Å². The third kappa shape index (κ3) is 5.12. The summed E-state index contributed by atoms with van der Waals surface area (Å²) < 4.78 is 4.98. The Hall–Kier alpha value is -1.95. The summed E-state index contributed by atoms with van der Waals surface area (Å²) in [6.07, 6.45) is 15.9. The molecule has 8 rings (SSSR count). The zero-order valence-electron chi connectivity index (χ0n) is 32.4. The lowest BCUT2D eigenvalue weighted by molar-refractivity contribution is -0.219. The fourth-order valence-electron chi connectivity index (χ4n) is 14.8. The second-order valence-electron chi connectivity index (χ2n) is 19.8. The molecule has 5 heteroatoms. The Morgan fingerprint density at radius 1 is 0.940 bits per heavy atom. The molecule has 0 radical (unpaired) electrons. The van der Waals surface area contributed by atoms with Crippen LogP contribution in [0.2, 0.25) is 0 Å². The Morgan fingerprint density at radius 3 is 2.40 bits per heavy atom. The van der Waals surface area contributed by atoms with Crippen LogP contribution in [0.25, 0.3) is 5.57 Å². The number of rotatable bonds is 9. The topological polar surface area (TPSA) is 62.4 Å². The normalized spacial score (nSPS) is 45.3. The Balaban J connectivity index is 1.02. The molecule has 1 aromatic rings. The third-order valence-electron chi connectivity index (χ3n) is 17.5. The van der Waals surface area contributed by atoms with Gasteiger partial charge in [-0.3, -0.25) is 0 Å². The lowest BCUT2D eigenvalue weighted by Gasteiger charge is -2.72. The van der Waals surface area contributed by atoms with Gasteiger partial charge in [0.2, 0.25) is 0 Å². The quantitative estimate of drug-likeness (QED) is 0.138. The Labute approximate surface area is 303 Å². The van der Waals surface area contributed by atoms with Crippen molar-refractivity contribution in [3.8, 4) is 0 Å². The van der Waals surface area contributed by atoms with E-state index in [1.54, 1.807) is 0 Å². The van der Waals surface area contributed by atoms with E-state index in [4.69, 9.17) is 4.74 Å². The zero-order valence-corrected chi connectivity index (χ0v) is 32.4. The van der Waals surface area contributed by atoms with Crippen LogP contribution in [0.4, 0.5) is 0 Å². The Kier molecular flexibility index (Phi) is 8.64. The number of nitrogens with one attached hydrogen (secondary N) is 3. The van der Waals surface area contributed by atoms with Crippen molar-refractivity contribution in [2.24, 2.45) is 63.1 Å². The van der Waals surface area contributed by atoms with E-state index in [1.165, 1.54) is 88.2 Å². The molecule has 1 aromatic carbocycles. The fraction of sp³-hybridized carbons (Fsp3) is 0.756. The van der Waals surface area contributed by atoms with Crippen LogP contribution in [0.5, 0.6) is 0 Å². The van der Waals surface area contributed by atoms with Gasteiger partial charge in [0.25, 0.3) is 0 Å². The molecule has 7 aliphatic rings. The van der Waals surface area contributed by atoms with Crippen LogP contribution in [0.3, 0.4) is 0 Å². The first-order chi connectivity index (χ1) is 23.8. The van der Waals surface area contributed by atoms with Crippen molar-refractivity contribution in [2.75, 3.05) is 33.3 Å². The molecule has 6 aliphatic carbocycles.